The number of rotatable bonds is 5. The third-order valence-electron chi connectivity index (χ3n) is 2.97. The lowest BCUT2D eigenvalue weighted by molar-refractivity contribution is -0.139. The number of carbonyl (C=O) groups excluding carboxylic acids is 1. The second-order valence-corrected chi connectivity index (χ2v) is 4.54. The van der Waals surface area contributed by atoms with E-state index in [4.69, 9.17) is 4.42 Å². The average molecular weight is 288 g/mol. The molecule has 2 aromatic rings. The van der Waals surface area contributed by atoms with Gasteiger partial charge in [0.05, 0.1) is 12.3 Å². The molecule has 6 heteroatoms. The third-order valence-corrected chi connectivity index (χ3v) is 2.97. The molecule has 3 N–H and O–H groups in total. The van der Waals surface area contributed by atoms with Crippen molar-refractivity contribution in [2.24, 2.45) is 0 Å². The molecule has 1 heterocycles. The molecule has 6 nitrogen and oxygen atoms in total. The fourth-order valence-electron chi connectivity index (χ4n) is 1.91. The zero-order chi connectivity index (χ0) is 15.2. The summed E-state index contributed by atoms with van der Waals surface area (Å²) in [6.07, 6.45) is 1.51. The van der Waals surface area contributed by atoms with Crippen LogP contribution in [0.15, 0.2) is 53.1 Å². The Hall–Kier alpha value is -2.76. The first-order chi connectivity index (χ1) is 10.1. The number of amides is 2. The molecule has 0 fully saturated rings. The number of carboxylic acids is 1. The van der Waals surface area contributed by atoms with Crippen LogP contribution in [-0.2, 0) is 4.79 Å². The van der Waals surface area contributed by atoms with E-state index in [-0.39, 0.29) is 6.04 Å². The Balaban J connectivity index is 2.01. The molecule has 0 bridgehead atoms. The molecule has 21 heavy (non-hydrogen) atoms. The molecule has 1 aromatic heterocycles. The number of furan rings is 1. The summed E-state index contributed by atoms with van der Waals surface area (Å²) < 4.78 is 5.17. The van der Waals surface area contributed by atoms with E-state index in [0.717, 1.165) is 0 Å². The van der Waals surface area contributed by atoms with Gasteiger partial charge in [-0.2, -0.15) is 0 Å². The zero-order valence-electron chi connectivity index (χ0n) is 11.4. The highest BCUT2D eigenvalue weighted by atomic mass is 16.4. The summed E-state index contributed by atoms with van der Waals surface area (Å²) in [5, 5.41) is 14.3. The van der Waals surface area contributed by atoms with Gasteiger partial charge in [-0.15, -0.1) is 0 Å². The third kappa shape index (κ3) is 3.85. The predicted octanol–water partition coefficient (Wildman–Crippen LogP) is 2.47. The van der Waals surface area contributed by atoms with E-state index in [1.54, 1.807) is 49.4 Å². The highest BCUT2D eigenvalue weighted by molar-refractivity contribution is 5.83. The second-order valence-electron chi connectivity index (χ2n) is 4.54. The van der Waals surface area contributed by atoms with Crippen LogP contribution in [0.5, 0.6) is 0 Å². The number of hydrogen-bond acceptors (Lipinski definition) is 3. The molecule has 0 saturated carbocycles. The van der Waals surface area contributed by atoms with Gasteiger partial charge in [0.25, 0.3) is 0 Å². The maximum absolute atomic E-state index is 11.9. The van der Waals surface area contributed by atoms with Crippen LogP contribution in [0.4, 0.5) is 4.79 Å². The van der Waals surface area contributed by atoms with Crippen LogP contribution in [0.3, 0.4) is 0 Å². The molecule has 1 unspecified atom stereocenters. The highest BCUT2D eigenvalue weighted by Crippen LogP contribution is 2.14. The van der Waals surface area contributed by atoms with Crippen LogP contribution in [0.2, 0.25) is 0 Å². The summed E-state index contributed by atoms with van der Waals surface area (Å²) in [5.41, 5.74) is 0.505. The minimum absolute atomic E-state index is 0.356. The first-order valence-corrected chi connectivity index (χ1v) is 6.46. The zero-order valence-corrected chi connectivity index (χ0v) is 11.4. The van der Waals surface area contributed by atoms with Crippen LogP contribution < -0.4 is 10.6 Å². The van der Waals surface area contributed by atoms with Crippen molar-refractivity contribution < 1.29 is 19.1 Å². The summed E-state index contributed by atoms with van der Waals surface area (Å²) in [4.78, 5) is 23.2. The quantitative estimate of drug-likeness (QED) is 0.788. The maximum atomic E-state index is 11.9. The number of aliphatic carboxylic acids is 1. The molecule has 110 valence electrons. The van der Waals surface area contributed by atoms with E-state index in [1.807, 2.05) is 0 Å². The van der Waals surface area contributed by atoms with Crippen molar-refractivity contribution in [2.75, 3.05) is 0 Å². The normalized spacial score (nSPS) is 13.2. The summed E-state index contributed by atoms with van der Waals surface area (Å²) in [7, 11) is 0. The Morgan fingerprint density at radius 2 is 1.81 bits per heavy atom. The standard InChI is InChI=1S/C15H16N2O4/c1-10(12-8-5-9-21-12)16-15(20)17-13(14(18)19)11-6-3-2-4-7-11/h2-10,13H,1H3,(H,18,19)(H2,16,17,20)/t10?,13-/m0/s1. The molecular formula is C15H16N2O4. The van der Waals surface area contributed by atoms with Crippen molar-refractivity contribution in [3.63, 3.8) is 0 Å². The molecule has 1 aromatic carbocycles. The van der Waals surface area contributed by atoms with Crippen LogP contribution in [-0.4, -0.2) is 17.1 Å². The molecule has 0 spiro atoms. The summed E-state index contributed by atoms with van der Waals surface area (Å²) in [6.45, 7) is 1.75. The minimum atomic E-state index is -1.12. The minimum Gasteiger partial charge on any atom is -0.479 e. The molecule has 0 aliphatic heterocycles. The van der Waals surface area contributed by atoms with E-state index < -0.39 is 18.0 Å². The van der Waals surface area contributed by atoms with Gasteiger partial charge in [-0.25, -0.2) is 9.59 Å². The Morgan fingerprint density at radius 1 is 1.10 bits per heavy atom. The van der Waals surface area contributed by atoms with Gasteiger partial charge in [-0.3, -0.25) is 0 Å². The Kier molecular flexibility index (Phi) is 4.61. The van der Waals surface area contributed by atoms with E-state index in [2.05, 4.69) is 10.6 Å². The molecule has 2 amide bonds. The maximum Gasteiger partial charge on any atom is 0.330 e. The topological polar surface area (TPSA) is 91.6 Å². The lowest BCUT2D eigenvalue weighted by Crippen LogP contribution is -2.41. The van der Waals surface area contributed by atoms with Crippen molar-refractivity contribution in [2.45, 2.75) is 19.0 Å². The lowest BCUT2D eigenvalue weighted by atomic mass is 10.1. The smallest absolute Gasteiger partial charge is 0.330 e. The van der Waals surface area contributed by atoms with Gasteiger partial charge < -0.3 is 20.2 Å². The first kappa shape index (κ1) is 14.6. The lowest BCUT2D eigenvalue weighted by Gasteiger charge is -2.17. The number of urea groups is 1. The summed E-state index contributed by atoms with van der Waals surface area (Å²) >= 11 is 0. The number of nitrogens with one attached hydrogen (secondary N) is 2. The first-order valence-electron chi connectivity index (χ1n) is 6.46. The average Bonchev–Trinajstić information content (AvgIpc) is 2.99. The van der Waals surface area contributed by atoms with Gasteiger partial charge in [-0.05, 0) is 24.6 Å². The van der Waals surface area contributed by atoms with Crippen LogP contribution in [0.1, 0.15) is 30.3 Å². The van der Waals surface area contributed by atoms with Crippen molar-refractivity contribution in [3.8, 4) is 0 Å². The van der Waals surface area contributed by atoms with Gasteiger partial charge in [0.15, 0.2) is 6.04 Å². The van der Waals surface area contributed by atoms with Gasteiger partial charge in [-0.1, -0.05) is 30.3 Å². The second kappa shape index (κ2) is 6.60. The number of carbonyl (C=O) groups is 2. The molecule has 0 saturated heterocycles. The number of hydrogen-bond donors (Lipinski definition) is 3. The fourth-order valence-corrected chi connectivity index (χ4v) is 1.91. The van der Waals surface area contributed by atoms with Crippen LogP contribution >= 0.6 is 0 Å². The van der Waals surface area contributed by atoms with Gasteiger partial charge >= 0.3 is 12.0 Å². The number of carboxylic acid groups (broad SMARTS) is 1. The predicted molar refractivity (Wildman–Crippen MR) is 75.6 cm³/mol. The highest BCUT2D eigenvalue weighted by Gasteiger charge is 2.22. The molecule has 2 rings (SSSR count). The molecule has 0 aliphatic rings. The fraction of sp³-hybridized carbons (Fsp3) is 0.200. The van der Waals surface area contributed by atoms with Crippen LogP contribution in [0, 0.1) is 0 Å². The van der Waals surface area contributed by atoms with E-state index in [1.165, 1.54) is 6.26 Å². The Morgan fingerprint density at radius 3 is 2.38 bits per heavy atom. The molecule has 2 atom stereocenters. The van der Waals surface area contributed by atoms with E-state index in [0.29, 0.717) is 11.3 Å². The molecular weight excluding hydrogens is 272 g/mol. The van der Waals surface area contributed by atoms with E-state index in [9.17, 15) is 14.7 Å². The Labute approximate surface area is 121 Å². The van der Waals surface area contributed by atoms with Gasteiger partial charge in [0, 0.05) is 0 Å². The Bertz CT molecular complexity index is 595. The SMILES string of the molecule is CC(NC(=O)N[C@H](C(=O)O)c1ccccc1)c1ccco1. The molecule has 0 radical (unpaired) electrons. The van der Waals surface area contributed by atoms with Crippen molar-refractivity contribution >= 4 is 12.0 Å². The van der Waals surface area contributed by atoms with Crippen molar-refractivity contribution in [1.29, 1.82) is 0 Å². The van der Waals surface area contributed by atoms with E-state index >= 15 is 0 Å². The van der Waals surface area contributed by atoms with Gasteiger partial charge in [0.2, 0.25) is 0 Å². The van der Waals surface area contributed by atoms with Crippen molar-refractivity contribution in [1.82, 2.24) is 10.6 Å². The summed E-state index contributed by atoms with van der Waals surface area (Å²) in [6, 6.07) is 9.93. The summed E-state index contributed by atoms with van der Waals surface area (Å²) in [5.74, 6) is -0.529. The van der Waals surface area contributed by atoms with Gasteiger partial charge in [0.1, 0.15) is 5.76 Å². The molecule has 0 aliphatic carbocycles. The monoisotopic (exact) mass is 288 g/mol. The largest absolute Gasteiger partial charge is 0.479 e. The number of benzene rings is 1. The van der Waals surface area contributed by atoms with Crippen molar-refractivity contribution in [3.05, 3.63) is 60.1 Å². The van der Waals surface area contributed by atoms with Crippen LogP contribution in [0.25, 0.3) is 0 Å².